The average molecular weight is 247 g/mol. The first-order valence-corrected chi connectivity index (χ1v) is 6.21. The molecular weight excluding hydrogens is 226 g/mol. The topological polar surface area (TPSA) is 46.2 Å². The molecule has 1 N–H and O–H groups in total. The number of hydrogen-bond donors (Lipinski definition) is 1. The van der Waals surface area contributed by atoms with Crippen molar-refractivity contribution in [1.29, 1.82) is 0 Å². The molecule has 0 aliphatic carbocycles. The predicted octanol–water partition coefficient (Wildman–Crippen LogP) is 3.44. The molecule has 0 fully saturated rings. The molecule has 1 aromatic rings. The van der Waals surface area contributed by atoms with E-state index in [1.165, 1.54) is 0 Å². The van der Waals surface area contributed by atoms with E-state index in [-0.39, 0.29) is 11.7 Å². The van der Waals surface area contributed by atoms with Crippen molar-refractivity contribution in [2.24, 2.45) is 5.41 Å². The Bertz CT molecular complexity index is 470. The van der Waals surface area contributed by atoms with Crippen LogP contribution >= 0.6 is 0 Å². The Hall–Kier alpha value is -1.64. The number of aryl methyl sites for hydroxylation is 1. The van der Waals surface area contributed by atoms with Crippen LogP contribution in [0, 0.1) is 5.41 Å². The first-order valence-electron chi connectivity index (χ1n) is 6.21. The van der Waals surface area contributed by atoms with Gasteiger partial charge in [0.15, 0.2) is 5.78 Å². The van der Waals surface area contributed by atoms with Gasteiger partial charge in [-0.2, -0.15) is 0 Å². The minimum Gasteiger partial charge on any atom is -0.325 e. The van der Waals surface area contributed by atoms with Crippen LogP contribution in [0.3, 0.4) is 0 Å². The van der Waals surface area contributed by atoms with Gasteiger partial charge in [0.2, 0.25) is 5.91 Å². The molecule has 98 valence electrons. The van der Waals surface area contributed by atoms with Crippen LogP contribution in [-0.4, -0.2) is 11.7 Å². The molecule has 3 nitrogen and oxygen atoms in total. The highest BCUT2D eigenvalue weighted by Gasteiger charge is 2.21. The molecule has 3 heteroatoms. The van der Waals surface area contributed by atoms with Gasteiger partial charge in [-0.3, -0.25) is 9.59 Å². The third-order valence-electron chi connectivity index (χ3n) is 2.82. The third kappa shape index (κ3) is 3.42. The predicted molar refractivity (Wildman–Crippen MR) is 73.9 cm³/mol. The van der Waals surface area contributed by atoms with Gasteiger partial charge in [-0.15, -0.1) is 0 Å². The fraction of sp³-hybridized carbons (Fsp3) is 0.467. The van der Waals surface area contributed by atoms with Crippen LogP contribution < -0.4 is 5.32 Å². The van der Waals surface area contributed by atoms with Gasteiger partial charge in [0, 0.05) is 16.7 Å². The van der Waals surface area contributed by atoms with Crippen molar-refractivity contribution in [2.75, 3.05) is 5.32 Å². The number of nitrogens with one attached hydrogen (secondary N) is 1. The van der Waals surface area contributed by atoms with Crippen molar-refractivity contribution in [1.82, 2.24) is 0 Å². The quantitative estimate of drug-likeness (QED) is 0.832. The zero-order valence-electron chi connectivity index (χ0n) is 11.8. The van der Waals surface area contributed by atoms with Crippen molar-refractivity contribution < 1.29 is 9.59 Å². The number of ketones is 1. The Kier molecular flexibility index (Phi) is 4.28. The van der Waals surface area contributed by atoms with E-state index in [0.717, 1.165) is 17.7 Å². The molecule has 0 aliphatic heterocycles. The summed E-state index contributed by atoms with van der Waals surface area (Å²) in [5.74, 6) is 0.0196. The fourth-order valence-electron chi connectivity index (χ4n) is 1.54. The van der Waals surface area contributed by atoms with E-state index in [9.17, 15) is 9.59 Å². The highest BCUT2D eigenvalue weighted by atomic mass is 16.2. The number of benzene rings is 1. The minimum absolute atomic E-state index is 0.0206. The molecule has 1 amide bonds. The van der Waals surface area contributed by atoms with Crippen molar-refractivity contribution in [2.45, 2.75) is 41.0 Å². The maximum atomic E-state index is 11.9. The second-order valence-electron chi connectivity index (χ2n) is 5.49. The van der Waals surface area contributed by atoms with Crippen LogP contribution in [0.1, 0.15) is 50.5 Å². The number of anilines is 1. The van der Waals surface area contributed by atoms with Gasteiger partial charge < -0.3 is 5.32 Å². The average Bonchev–Trinajstić information content (AvgIpc) is 2.27. The van der Waals surface area contributed by atoms with Gasteiger partial charge >= 0.3 is 0 Å². The Morgan fingerprint density at radius 1 is 1.22 bits per heavy atom. The highest BCUT2D eigenvalue weighted by molar-refractivity contribution is 5.97. The molecule has 1 aromatic carbocycles. The lowest BCUT2D eigenvalue weighted by molar-refractivity contribution is -0.123. The number of Topliss-reactive ketones (excluding diaryl/α,β-unsaturated/α-hetero) is 1. The Morgan fingerprint density at radius 3 is 2.28 bits per heavy atom. The molecule has 0 atom stereocenters. The Morgan fingerprint density at radius 2 is 1.83 bits per heavy atom. The zero-order valence-corrected chi connectivity index (χ0v) is 11.8. The SMILES string of the molecule is CCc1cc(C(C)=O)ccc1NC(=O)C(C)(C)C. The van der Waals surface area contributed by atoms with Crippen LogP contribution in [0.15, 0.2) is 18.2 Å². The van der Waals surface area contributed by atoms with Crippen molar-refractivity contribution >= 4 is 17.4 Å². The first-order chi connectivity index (χ1) is 8.25. The molecule has 0 saturated heterocycles. The number of rotatable bonds is 3. The molecule has 0 unspecified atom stereocenters. The minimum atomic E-state index is -0.426. The van der Waals surface area contributed by atoms with E-state index in [1.807, 2.05) is 33.8 Å². The number of carbonyl (C=O) groups excluding carboxylic acids is 2. The summed E-state index contributed by atoms with van der Waals surface area (Å²) in [5, 5.41) is 2.92. The normalized spacial score (nSPS) is 11.2. The van der Waals surface area contributed by atoms with Crippen LogP contribution in [0.25, 0.3) is 0 Å². The molecule has 0 heterocycles. The van der Waals surface area contributed by atoms with E-state index < -0.39 is 5.41 Å². The molecule has 0 saturated carbocycles. The van der Waals surface area contributed by atoms with Crippen LogP contribution in [0.4, 0.5) is 5.69 Å². The summed E-state index contributed by atoms with van der Waals surface area (Å²) < 4.78 is 0. The molecule has 0 aliphatic rings. The zero-order chi connectivity index (χ0) is 13.9. The smallest absolute Gasteiger partial charge is 0.229 e. The third-order valence-corrected chi connectivity index (χ3v) is 2.82. The summed E-state index contributed by atoms with van der Waals surface area (Å²) in [5.41, 5.74) is 2.04. The molecule has 1 rings (SSSR count). The molecular formula is C15H21NO2. The second kappa shape index (κ2) is 5.34. The lowest BCUT2D eigenvalue weighted by Crippen LogP contribution is -2.28. The van der Waals surface area contributed by atoms with Gasteiger partial charge in [-0.25, -0.2) is 0 Å². The van der Waals surface area contributed by atoms with Gasteiger partial charge in [-0.1, -0.05) is 27.7 Å². The van der Waals surface area contributed by atoms with Crippen molar-refractivity contribution in [3.8, 4) is 0 Å². The first kappa shape index (κ1) is 14.4. The summed E-state index contributed by atoms with van der Waals surface area (Å²) in [6.45, 7) is 9.17. The Labute approximate surface area is 109 Å². The summed E-state index contributed by atoms with van der Waals surface area (Å²) in [6, 6.07) is 5.40. The summed E-state index contributed by atoms with van der Waals surface area (Å²) in [6.07, 6.45) is 0.779. The number of amides is 1. The van der Waals surface area contributed by atoms with Gasteiger partial charge in [0.25, 0.3) is 0 Å². The lowest BCUT2D eigenvalue weighted by atomic mass is 9.95. The van der Waals surface area contributed by atoms with Crippen molar-refractivity contribution in [3.63, 3.8) is 0 Å². The van der Waals surface area contributed by atoms with Gasteiger partial charge in [0.05, 0.1) is 0 Å². The van der Waals surface area contributed by atoms with Crippen LogP contribution in [-0.2, 0) is 11.2 Å². The maximum absolute atomic E-state index is 11.9. The summed E-state index contributed by atoms with van der Waals surface area (Å²) >= 11 is 0. The van der Waals surface area contributed by atoms with E-state index in [4.69, 9.17) is 0 Å². The van der Waals surface area contributed by atoms with E-state index in [1.54, 1.807) is 19.1 Å². The van der Waals surface area contributed by atoms with Crippen LogP contribution in [0.5, 0.6) is 0 Å². The number of carbonyl (C=O) groups is 2. The Balaban J connectivity index is 3.04. The highest BCUT2D eigenvalue weighted by Crippen LogP contribution is 2.22. The van der Waals surface area contributed by atoms with Gasteiger partial charge in [0.1, 0.15) is 0 Å². The fourth-order valence-corrected chi connectivity index (χ4v) is 1.54. The largest absolute Gasteiger partial charge is 0.325 e. The molecule has 0 aromatic heterocycles. The van der Waals surface area contributed by atoms with E-state index in [2.05, 4.69) is 5.32 Å². The summed E-state index contributed by atoms with van der Waals surface area (Å²) in [4.78, 5) is 23.3. The molecule has 18 heavy (non-hydrogen) atoms. The van der Waals surface area contributed by atoms with Crippen LogP contribution in [0.2, 0.25) is 0 Å². The number of hydrogen-bond acceptors (Lipinski definition) is 2. The molecule has 0 spiro atoms. The standard InChI is InChI=1S/C15H21NO2/c1-6-11-9-12(10(2)17)7-8-13(11)16-14(18)15(3,4)5/h7-9H,6H2,1-5H3,(H,16,18). The monoisotopic (exact) mass is 247 g/mol. The lowest BCUT2D eigenvalue weighted by Gasteiger charge is -2.19. The van der Waals surface area contributed by atoms with E-state index >= 15 is 0 Å². The summed E-state index contributed by atoms with van der Waals surface area (Å²) in [7, 11) is 0. The maximum Gasteiger partial charge on any atom is 0.229 e. The second-order valence-corrected chi connectivity index (χ2v) is 5.49. The molecule has 0 radical (unpaired) electrons. The van der Waals surface area contributed by atoms with E-state index in [0.29, 0.717) is 5.56 Å². The van der Waals surface area contributed by atoms with Crippen molar-refractivity contribution in [3.05, 3.63) is 29.3 Å². The van der Waals surface area contributed by atoms with Gasteiger partial charge in [-0.05, 0) is 37.1 Å². The molecule has 0 bridgehead atoms.